The van der Waals surface area contributed by atoms with Gasteiger partial charge in [0.15, 0.2) is 0 Å². The van der Waals surface area contributed by atoms with Crippen molar-refractivity contribution in [2.45, 2.75) is 32.7 Å². The zero-order valence-electron chi connectivity index (χ0n) is 13.1. The lowest BCUT2D eigenvalue weighted by Gasteiger charge is -2.11. The van der Waals surface area contributed by atoms with Gasteiger partial charge in [-0.05, 0) is 49.4 Å². The van der Waals surface area contributed by atoms with E-state index in [1.807, 2.05) is 18.3 Å². The van der Waals surface area contributed by atoms with Crippen LogP contribution in [0.5, 0.6) is 0 Å². The second-order valence-corrected chi connectivity index (χ2v) is 6.16. The fraction of sp³-hybridized carbons (Fsp3) is 0.263. The summed E-state index contributed by atoms with van der Waals surface area (Å²) in [5, 5.41) is 4.49. The van der Waals surface area contributed by atoms with Crippen LogP contribution in [0.1, 0.15) is 28.8 Å². The maximum absolute atomic E-state index is 12.2. The van der Waals surface area contributed by atoms with Gasteiger partial charge in [-0.25, -0.2) is 0 Å². The maximum atomic E-state index is 12.2. The molecular formula is C19H19N3O. The number of nitrogens with one attached hydrogen (secondary N) is 2. The summed E-state index contributed by atoms with van der Waals surface area (Å²) in [6, 6.07) is 10.2. The second-order valence-electron chi connectivity index (χ2n) is 6.16. The lowest BCUT2D eigenvalue weighted by Crippen LogP contribution is -2.17. The molecule has 0 saturated carbocycles. The topological polar surface area (TPSA) is 57.8 Å². The van der Waals surface area contributed by atoms with Crippen LogP contribution in [0.15, 0.2) is 41.3 Å². The number of nitrogens with zero attached hydrogens (tertiary/aromatic N) is 1. The highest BCUT2D eigenvalue weighted by Crippen LogP contribution is 2.24. The van der Waals surface area contributed by atoms with Crippen LogP contribution < -0.4 is 10.9 Å². The smallest absolute Gasteiger partial charge is 0.253 e. The molecule has 1 aliphatic carbocycles. The van der Waals surface area contributed by atoms with Crippen molar-refractivity contribution in [3.8, 4) is 0 Å². The van der Waals surface area contributed by atoms with E-state index in [-0.39, 0.29) is 5.56 Å². The third kappa shape index (κ3) is 2.50. The van der Waals surface area contributed by atoms with Gasteiger partial charge in [0.1, 0.15) is 0 Å². The van der Waals surface area contributed by atoms with Crippen molar-refractivity contribution >= 4 is 16.6 Å². The summed E-state index contributed by atoms with van der Waals surface area (Å²) in [6.07, 6.45) is 5.00. The number of para-hydroxylation sites is 1. The number of hydrogen-bond donors (Lipinski definition) is 2. The second kappa shape index (κ2) is 5.54. The van der Waals surface area contributed by atoms with Crippen molar-refractivity contribution in [1.29, 1.82) is 0 Å². The number of rotatable bonds is 3. The van der Waals surface area contributed by atoms with Gasteiger partial charge in [0.2, 0.25) is 0 Å². The van der Waals surface area contributed by atoms with Crippen LogP contribution in [0.3, 0.4) is 0 Å². The van der Waals surface area contributed by atoms with Crippen LogP contribution in [0, 0.1) is 6.92 Å². The van der Waals surface area contributed by atoms with E-state index in [4.69, 9.17) is 0 Å². The van der Waals surface area contributed by atoms with Crippen molar-refractivity contribution in [2.75, 3.05) is 5.32 Å². The molecule has 4 heteroatoms. The van der Waals surface area contributed by atoms with Crippen molar-refractivity contribution < 1.29 is 0 Å². The Bertz CT molecular complexity index is 943. The lowest BCUT2D eigenvalue weighted by molar-refractivity contribution is 0.896. The predicted octanol–water partition coefficient (Wildman–Crippen LogP) is 3.33. The molecule has 0 unspecified atom stereocenters. The number of aromatic nitrogens is 2. The average molecular weight is 305 g/mol. The Morgan fingerprint density at radius 2 is 2.17 bits per heavy atom. The van der Waals surface area contributed by atoms with E-state index in [2.05, 4.69) is 40.4 Å². The van der Waals surface area contributed by atoms with Crippen LogP contribution in [-0.4, -0.2) is 9.97 Å². The molecule has 4 rings (SSSR count). The number of aromatic amines is 1. The largest absolute Gasteiger partial charge is 0.380 e. The Balaban J connectivity index is 1.65. The van der Waals surface area contributed by atoms with Gasteiger partial charge >= 0.3 is 0 Å². The Hall–Kier alpha value is -2.62. The first-order chi connectivity index (χ1) is 11.2. The molecule has 0 atom stereocenters. The van der Waals surface area contributed by atoms with E-state index in [1.165, 1.54) is 5.56 Å². The van der Waals surface area contributed by atoms with Crippen LogP contribution in [0.25, 0.3) is 10.9 Å². The molecule has 0 spiro atoms. The average Bonchev–Trinajstić information content (AvgIpc) is 3.00. The molecule has 4 nitrogen and oxygen atoms in total. The third-order valence-electron chi connectivity index (χ3n) is 4.61. The van der Waals surface area contributed by atoms with E-state index in [9.17, 15) is 4.79 Å². The fourth-order valence-corrected chi connectivity index (χ4v) is 3.36. The summed E-state index contributed by atoms with van der Waals surface area (Å²) in [5.41, 5.74) is 6.39. The van der Waals surface area contributed by atoms with Crippen molar-refractivity contribution in [1.82, 2.24) is 9.97 Å². The van der Waals surface area contributed by atoms with E-state index in [0.29, 0.717) is 6.54 Å². The molecule has 1 aromatic carbocycles. The minimum absolute atomic E-state index is 0.0210. The number of anilines is 1. The zero-order chi connectivity index (χ0) is 15.8. The molecule has 2 heterocycles. The van der Waals surface area contributed by atoms with E-state index < -0.39 is 0 Å². The monoisotopic (exact) mass is 305 g/mol. The lowest BCUT2D eigenvalue weighted by atomic mass is 10.1. The van der Waals surface area contributed by atoms with Gasteiger partial charge in [-0.3, -0.25) is 9.78 Å². The van der Waals surface area contributed by atoms with Crippen molar-refractivity contribution in [3.63, 3.8) is 0 Å². The van der Waals surface area contributed by atoms with Crippen LogP contribution >= 0.6 is 0 Å². The van der Waals surface area contributed by atoms with Gasteiger partial charge in [-0.1, -0.05) is 18.2 Å². The highest BCUT2D eigenvalue weighted by atomic mass is 16.1. The predicted molar refractivity (Wildman–Crippen MR) is 92.9 cm³/mol. The standard InChI is InChI=1S/C19H19N3O/c1-12-4-2-6-15-17(8-9-20-18(12)15)21-11-14-10-13-5-3-7-16(13)22-19(14)23/h2,4,6,8-10H,3,5,7,11H2,1H3,(H,20,21)(H,22,23). The minimum Gasteiger partial charge on any atom is -0.380 e. The molecule has 0 aliphatic heterocycles. The normalized spacial score (nSPS) is 13.3. The molecule has 2 aromatic heterocycles. The van der Waals surface area contributed by atoms with Crippen LogP contribution in [-0.2, 0) is 19.4 Å². The van der Waals surface area contributed by atoms with Gasteiger partial charge in [0, 0.05) is 35.1 Å². The summed E-state index contributed by atoms with van der Waals surface area (Å²) >= 11 is 0. The number of pyridine rings is 2. The first-order valence-electron chi connectivity index (χ1n) is 8.04. The molecule has 116 valence electrons. The van der Waals surface area contributed by atoms with Gasteiger partial charge in [-0.2, -0.15) is 0 Å². The summed E-state index contributed by atoms with van der Waals surface area (Å²) in [5.74, 6) is 0. The molecule has 0 amide bonds. The quantitative estimate of drug-likeness (QED) is 0.780. The first-order valence-corrected chi connectivity index (χ1v) is 8.04. The first kappa shape index (κ1) is 14.0. The molecular weight excluding hydrogens is 286 g/mol. The van der Waals surface area contributed by atoms with Crippen molar-refractivity contribution in [2.24, 2.45) is 0 Å². The van der Waals surface area contributed by atoms with Crippen LogP contribution in [0.4, 0.5) is 5.69 Å². The number of aryl methyl sites for hydroxylation is 3. The number of hydrogen-bond acceptors (Lipinski definition) is 3. The highest BCUT2D eigenvalue weighted by Gasteiger charge is 2.14. The molecule has 0 fully saturated rings. The molecule has 1 aliphatic rings. The molecule has 0 bridgehead atoms. The Kier molecular flexibility index (Phi) is 3.37. The van der Waals surface area contributed by atoms with E-state index in [0.717, 1.165) is 52.7 Å². The van der Waals surface area contributed by atoms with Gasteiger partial charge in [0.25, 0.3) is 5.56 Å². The zero-order valence-corrected chi connectivity index (χ0v) is 13.1. The molecule has 2 N–H and O–H groups in total. The Labute approximate surface area is 134 Å². The maximum Gasteiger partial charge on any atom is 0.253 e. The molecule has 3 aromatic rings. The summed E-state index contributed by atoms with van der Waals surface area (Å²) in [4.78, 5) is 19.7. The van der Waals surface area contributed by atoms with Gasteiger partial charge < -0.3 is 10.3 Å². The summed E-state index contributed by atoms with van der Waals surface area (Å²) < 4.78 is 0. The highest BCUT2D eigenvalue weighted by molar-refractivity contribution is 5.92. The Morgan fingerprint density at radius 1 is 1.26 bits per heavy atom. The van der Waals surface area contributed by atoms with Crippen LogP contribution in [0.2, 0.25) is 0 Å². The van der Waals surface area contributed by atoms with E-state index in [1.54, 1.807) is 0 Å². The number of benzene rings is 1. The van der Waals surface area contributed by atoms with Gasteiger partial charge in [0.05, 0.1) is 5.52 Å². The van der Waals surface area contributed by atoms with Gasteiger partial charge in [-0.15, -0.1) is 0 Å². The summed E-state index contributed by atoms with van der Waals surface area (Å²) in [7, 11) is 0. The van der Waals surface area contributed by atoms with Crippen molar-refractivity contribution in [3.05, 3.63) is 69.3 Å². The third-order valence-corrected chi connectivity index (χ3v) is 4.61. The molecule has 0 radical (unpaired) electrons. The fourth-order valence-electron chi connectivity index (χ4n) is 3.36. The van der Waals surface area contributed by atoms with E-state index >= 15 is 0 Å². The number of fused-ring (bicyclic) bond motifs is 2. The molecule has 0 saturated heterocycles. The Morgan fingerprint density at radius 3 is 3.09 bits per heavy atom. The SMILES string of the molecule is Cc1cccc2c(NCc3cc4c([nH]c3=O)CCC4)ccnc12. The summed E-state index contributed by atoms with van der Waals surface area (Å²) in [6.45, 7) is 2.58. The molecule has 23 heavy (non-hydrogen) atoms. The minimum atomic E-state index is 0.0210. The number of H-pyrrole nitrogens is 1.